The van der Waals surface area contributed by atoms with Gasteiger partial charge in [0, 0.05) is 17.7 Å². The summed E-state index contributed by atoms with van der Waals surface area (Å²) >= 11 is 3.40. The molecular formula is C12H13BrO2. The molecule has 1 saturated heterocycles. The van der Waals surface area contributed by atoms with Crippen LogP contribution in [0, 0.1) is 0 Å². The van der Waals surface area contributed by atoms with Crippen molar-refractivity contribution >= 4 is 22.2 Å². The van der Waals surface area contributed by atoms with Crippen LogP contribution in [-0.2, 0) is 14.9 Å². The summed E-state index contributed by atoms with van der Waals surface area (Å²) in [6, 6.07) is 8.00. The summed E-state index contributed by atoms with van der Waals surface area (Å²) in [5.41, 5.74) is 0.780. The quantitative estimate of drug-likeness (QED) is 0.771. The normalized spacial score (nSPS) is 19.8. The standard InChI is InChI=1S/C12H13BrO2/c13-11-3-1-10(2-4-11)12(9-14)5-7-15-8-6-12/h1-4,9H,5-8H2. The molecule has 3 heteroatoms. The molecule has 0 saturated carbocycles. The summed E-state index contributed by atoms with van der Waals surface area (Å²) in [6.45, 7) is 1.35. The van der Waals surface area contributed by atoms with Crippen LogP contribution in [0.4, 0.5) is 0 Å². The molecule has 0 radical (unpaired) electrons. The number of carbonyl (C=O) groups is 1. The van der Waals surface area contributed by atoms with Crippen LogP contribution in [-0.4, -0.2) is 19.5 Å². The molecule has 0 aliphatic carbocycles. The Balaban J connectivity index is 2.32. The molecular weight excluding hydrogens is 256 g/mol. The molecule has 1 aromatic carbocycles. The van der Waals surface area contributed by atoms with Gasteiger partial charge in [-0.25, -0.2) is 0 Å². The highest BCUT2D eigenvalue weighted by Crippen LogP contribution is 2.33. The Labute approximate surface area is 97.8 Å². The average Bonchev–Trinajstić information content (AvgIpc) is 2.31. The molecule has 0 aromatic heterocycles. The van der Waals surface area contributed by atoms with Gasteiger partial charge in [0.25, 0.3) is 0 Å². The first-order valence-electron chi connectivity index (χ1n) is 5.07. The minimum absolute atomic E-state index is 0.320. The Bertz CT molecular complexity index is 339. The van der Waals surface area contributed by atoms with Crippen LogP contribution in [0.1, 0.15) is 18.4 Å². The van der Waals surface area contributed by atoms with Crippen LogP contribution in [0.5, 0.6) is 0 Å². The molecule has 0 N–H and O–H groups in total. The van der Waals surface area contributed by atoms with Crippen LogP contribution in [0.15, 0.2) is 28.7 Å². The number of hydrogen-bond acceptors (Lipinski definition) is 2. The van der Waals surface area contributed by atoms with Crippen LogP contribution in [0.3, 0.4) is 0 Å². The average molecular weight is 269 g/mol. The van der Waals surface area contributed by atoms with E-state index in [4.69, 9.17) is 4.74 Å². The number of benzene rings is 1. The summed E-state index contributed by atoms with van der Waals surface area (Å²) in [7, 11) is 0. The fourth-order valence-corrected chi connectivity index (χ4v) is 2.26. The van der Waals surface area contributed by atoms with Gasteiger partial charge in [-0.05, 0) is 30.5 Å². The van der Waals surface area contributed by atoms with Gasteiger partial charge in [0.05, 0.1) is 5.41 Å². The lowest BCUT2D eigenvalue weighted by Crippen LogP contribution is -2.35. The molecule has 0 bridgehead atoms. The maximum absolute atomic E-state index is 11.3. The van der Waals surface area contributed by atoms with E-state index in [0.717, 1.165) is 29.2 Å². The third-order valence-corrected chi connectivity index (χ3v) is 3.56. The first kappa shape index (κ1) is 10.8. The Morgan fingerprint density at radius 1 is 1.20 bits per heavy atom. The van der Waals surface area contributed by atoms with Gasteiger partial charge in [-0.1, -0.05) is 28.1 Å². The fourth-order valence-electron chi connectivity index (χ4n) is 1.99. The molecule has 0 amide bonds. The van der Waals surface area contributed by atoms with Crippen molar-refractivity contribution in [1.29, 1.82) is 0 Å². The van der Waals surface area contributed by atoms with Gasteiger partial charge in [0.15, 0.2) is 0 Å². The van der Waals surface area contributed by atoms with E-state index in [2.05, 4.69) is 15.9 Å². The SMILES string of the molecule is O=CC1(c2ccc(Br)cc2)CCOCC1. The molecule has 15 heavy (non-hydrogen) atoms. The largest absolute Gasteiger partial charge is 0.381 e. The number of carbonyl (C=O) groups excluding carboxylic acids is 1. The number of hydrogen-bond donors (Lipinski definition) is 0. The molecule has 1 aromatic rings. The molecule has 2 rings (SSSR count). The van der Waals surface area contributed by atoms with Gasteiger partial charge in [0.1, 0.15) is 6.29 Å². The third-order valence-electron chi connectivity index (χ3n) is 3.03. The van der Waals surface area contributed by atoms with E-state index < -0.39 is 0 Å². The van der Waals surface area contributed by atoms with E-state index in [0.29, 0.717) is 13.2 Å². The topological polar surface area (TPSA) is 26.3 Å². The van der Waals surface area contributed by atoms with E-state index in [9.17, 15) is 4.79 Å². The first-order chi connectivity index (χ1) is 7.27. The number of aldehydes is 1. The number of halogens is 1. The second-order valence-electron chi connectivity index (χ2n) is 3.89. The lowest BCUT2D eigenvalue weighted by Gasteiger charge is -2.32. The minimum Gasteiger partial charge on any atom is -0.381 e. The van der Waals surface area contributed by atoms with Crippen molar-refractivity contribution in [3.05, 3.63) is 34.3 Å². The van der Waals surface area contributed by atoms with Gasteiger partial charge in [-0.2, -0.15) is 0 Å². The monoisotopic (exact) mass is 268 g/mol. The summed E-state index contributed by atoms with van der Waals surface area (Å²) in [5, 5.41) is 0. The summed E-state index contributed by atoms with van der Waals surface area (Å²) in [6.07, 6.45) is 2.66. The second-order valence-corrected chi connectivity index (χ2v) is 4.81. The van der Waals surface area contributed by atoms with Gasteiger partial charge in [-0.15, -0.1) is 0 Å². The molecule has 0 unspecified atom stereocenters. The molecule has 1 heterocycles. The van der Waals surface area contributed by atoms with E-state index in [-0.39, 0.29) is 5.41 Å². The van der Waals surface area contributed by atoms with Crippen LogP contribution in [0.2, 0.25) is 0 Å². The zero-order valence-corrected chi connectivity index (χ0v) is 10.00. The zero-order chi connectivity index (χ0) is 10.7. The van der Waals surface area contributed by atoms with Gasteiger partial charge in [0.2, 0.25) is 0 Å². The third kappa shape index (κ3) is 2.13. The van der Waals surface area contributed by atoms with Crippen LogP contribution < -0.4 is 0 Å². The minimum atomic E-state index is -0.320. The van der Waals surface area contributed by atoms with Crippen molar-refractivity contribution in [2.75, 3.05) is 13.2 Å². The molecule has 80 valence electrons. The van der Waals surface area contributed by atoms with Crippen molar-refractivity contribution < 1.29 is 9.53 Å². The molecule has 2 nitrogen and oxygen atoms in total. The Kier molecular flexibility index (Phi) is 3.22. The highest BCUT2D eigenvalue weighted by molar-refractivity contribution is 9.10. The van der Waals surface area contributed by atoms with Crippen molar-refractivity contribution in [2.45, 2.75) is 18.3 Å². The molecule has 1 fully saturated rings. The maximum Gasteiger partial charge on any atom is 0.130 e. The second kappa shape index (κ2) is 4.45. The maximum atomic E-state index is 11.3. The number of rotatable bonds is 2. The first-order valence-corrected chi connectivity index (χ1v) is 5.86. The smallest absolute Gasteiger partial charge is 0.130 e. The van der Waals surface area contributed by atoms with Crippen molar-refractivity contribution in [3.8, 4) is 0 Å². The van der Waals surface area contributed by atoms with Crippen molar-refractivity contribution in [1.82, 2.24) is 0 Å². The number of ether oxygens (including phenoxy) is 1. The van der Waals surface area contributed by atoms with Crippen LogP contribution in [0.25, 0.3) is 0 Å². The summed E-state index contributed by atoms with van der Waals surface area (Å²) in [4.78, 5) is 11.3. The highest BCUT2D eigenvalue weighted by atomic mass is 79.9. The van der Waals surface area contributed by atoms with Crippen LogP contribution >= 0.6 is 15.9 Å². The predicted molar refractivity (Wildman–Crippen MR) is 61.9 cm³/mol. The van der Waals surface area contributed by atoms with Gasteiger partial charge in [-0.3, -0.25) is 0 Å². The summed E-state index contributed by atoms with van der Waals surface area (Å²) in [5.74, 6) is 0. The molecule has 1 aliphatic heterocycles. The predicted octanol–water partition coefficient (Wildman–Crippen LogP) is 2.70. The lowest BCUT2D eigenvalue weighted by molar-refractivity contribution is -0.115. The van der Waals surface area contributed by atoms with E-state index in [1.54, 1.807) is 0 Å². The van der Waals surface area contributed by atoms with E-state index in [1.807, 2.05) is 24.3 Å². The van der Waals surface area contributed by atoms with Gasteiger partial charge >= 0.3 is 0 Å². The Morgan fingerprint density at radius 3 is 2.33 bits per heavy atom. The summed E-state index contributed by atoms with van der Waals surface area (Å²) < 4.78 is 6.34. The van der Waals surface area contributed by atoms with E-state index >= 15 is 0 Å². The lowest BCUT2D eigenvalue weighted by atomic mass is 9.75. The highest BCUT2D eigenvalue weighted by Gasteiger charge is 2.33. The van der Waals surface area contributed by atoms with Crippen molar-refractivity contribution in [3.63, 3.8) is 0 Å². The van der Waals surface area contributed by atoms with Crippen molar-refractivity contribution in [2.24, 2.45) is 0 Å². The molecule has 0 spiro atoms. The van der Waals surface area contributed by atoms with E-state index in [1.165, 1.54) is 0 Å². The molecule has 0 atom stereocenters. The Hall–Kier alpha value is -0.670. The Morgan fingerprint density at radius 2 is 1.80 bits per heavy atom. The van der Waals surface area contributed by atoms with Gasteiger partial charge < -0.3 is 9.53 Å². The zero-order valence-electron chi connectivity index (χ0n) is 8.41. The molecule has 1 aliphatic rings. The fraction of sp³-hybridized carbons (Fsp3) is 0.417.